The fraction of sp³-hybridized carbons (Fsp3) is 0.500. The van der Waals surface area contributed by atoms with E-state index in [1.54, 1.807) is 0 Å². The van der Waals surface area contributed by atoms with Gasteiger partial charge in [0, 0.05) is 42.3 Å². The predicted octanol–water partition coefficient (Wildman–Crippen LogP) is 2.49. The Hall–Kier alpha value is -2.10. The van der Waals surface area contributed by atoms with Gasteiger partial charge in [-0.3, -0.25) is 14.9 Å². The van der Waals surface area contributed by atoms with E-state index in [4.69, 9.17) is 44.5 Å². The molecular weight excluding hydrogens is 401 g/mol. The lowest BCUT2D eigenvalue weighted by Crippen LogP contribution is -2.36. The van der Waals surface area contributed by atoms with Crippen LogP contribution in [0.1, 0.15) is 30.4 Å². The maximum Gasteiger partial charge on any atom is 0.405 e. The van der Waals surface area contributed by atoms with Crippen molar-refractivity contribution in [2.24, 2.45) is 11.5 Å². The topological polar surface area (TPSA) is 159 Å². The number of nitrogens with two attached hydrogens (primary N) is 2. The second-order valence-electron chi connectivity index (χ2n) is 5.96. The van der Waals surface area contributed by atoms with Crippen molar-refractivity contribution in [3.05, 3.63) is 39.4 Å². The largest absolute Gasteiger partial charge is 0.481 e. The van der Waals surface area contributed by atoms with E-state index >= 15 is 0 Å². The highest BCUT2D eigenvalue weighted by atomic mass is 35.5. The fourth-order valence-electron chi connectivity index (χ4n) is 2.86. The van der Waals surface area contributed by atoms with E-state index in [1.807, 2.05) is 0 Å². The normalized spacial score (nSPS) is 12.4. The Labute approximate surface area is 165 Å². The average molecular weight is 422 g/mol. The van der Waals surface area contributed by atoms with Crippen LogP contribution >= 0.6 is 23.2 Å². The molecule has 9 nitrogen and oxygen atoms in total. The molecule has 27 heavy (non-hydrogen) atoms. The molecule has 1 aromatic carbocycles. The van der Waals surface area contributed by atoms with Crippen molar-refractivity contribution in [1.29, 1.82) is 0 Å². The van der Waals surface area contributed by atoms with Crippen LogP contribution in [-0.4, -0.2) is 39.9 Å². The number of benzene rings is 1. The van der Waals surface area contributed by atoms with Gasteiger partial charge in [0.25, 0.3) is 5.69 Å². The molecule has 150 valence electrons. The highest BCUT2D eigenvalue weighted by molar-refractivity contribution is 6.18. The SMILES string of the molecule is NC(=O)OC(CCCl)(CCCl)c1ccc([N+](=O)[O-])c(C[C@H](N)CC(=O)O)c1. The summed E-state index contributed by atoms with van der Waals surface area (Å²) in [6.07, 6.45) is -1.07. The predicted molar refractivity (Wildman–Crippen MR) is 100 cm³/mol. The molecule has 0 aliphatic carbocycles. The fourth-order valence-corrected chi connectivity index (χ4v) is 3.47. The minimum absolute atomic E-state index is 0.0507. The number of carboxylic acids is 1. The van der Waals surface area contributed by atoms with Gasteiger partial charge in [-0.25, -0.2) is 4.79 Å². The van der Waals surface area contributed by atoms with Crippen molar-refractivity contribution in [3.8, 4) is 0 Å². The van der Waals surface area contributed by atoms with Crippen molar-refractivity contribution in [1.82, 2.24) is 0 Å². The second kappa shape index (κ2) is 10.3. The lowest BCUT2D eigenvalue weighted by molar-refractivity contribution is -0.385. The van der Waals surface area contributed by atoms with E-state index in [0.717, 1.165) is 0 Å². The number of carbonyl (C=O) groups excluding carboxylic acids is 1. The molecule has 1 atom stereocenters. The number of hydrogen-bond acceptors (Lipinski definition) is 6. The number of hydrogen-bond donors (Lipinski definition) is 3. The number of aliphatic carboxylic acids is 1. The van der Waals surface area contributed by atoms with E-state index in [2.05, 4.69) is 0 Å². The molecule has 0 bridgehead atoms. The Morgan fingerprint density at radius 1 is 1.30 bits per heavy atom. The van der Waals surface area contributed by atoms with E-state index in [9.17, 15) is 19.7 Å². The summed E-state index contributed by atoms with van der Waals surface area (Å²) >= 11 is 11.7. The Morgan fingerprint density at radius 3 is 2.33 bits per heavy atom. The van der Waals surface area contributed by atoms with Crippen LogP contribution in [0.4, 0.5) is 10.5 Å². The zero-order valence-electron chi connectivity index (χ0n) is 14.4. The van der Waals surface area contributed by atoms with Crippen LogP contribution in [0.15, 0.2) is 18.2 Å². The van der Waals surface area contributed by atoms with Crippen LogP contribution < -0.4 is 11.5 Å². The van der Waals surface area contributed by atoms with Gasteiger partial charge in [0.1, 0.15) is 5.60 Å². The molecule has 0 aromatic heterocycles. The summed E-state index contributed by atoms with van der Waals surface area (Å²) in [5.41, 5.74) is 10.1. The van der Waals surface area contributed by atoms with Crippen molar-refractivity contribution in [2.45, 2.75) is 37.3 Å². The van der Waals surface area contributed by atoms with Gasteiger partial charge in [0.05, 0.1) is 11.3 Å². The maximum atomic E-state index is 11.4. The molecule has 5 N–H and O–H groups in total. The van der Waals surface area contributed by atoms with Crippen molar-refractivity contribution in [3.63, 3.8) is 0 Å². The summed E-state index contributed by atoms with van der Waals surface area (Å²) in [4.78, 5) is 33.0. The zero-order chi connectivity index (χ0) is 20.6. The quantitative estimate of drug-likeness (QED) is 0.281. The molecule has 0 radical (unpaired) electrons. The Balaban J connectivity index is 3.42. The minimum atomic E-state index is -1.25. The molecule has 0 heterocycles. The Bertz CT molecular complexity index is 695. The average Bonchev–Trinajstić information content (AvgIpc) is 2.53. The van der Waals surface area contributed by atoms with Crippen LogP contribution in [-0.2, 0) is 21.6 Å². The number of carboxylic acid groups (broad SMARTS) is 1. The van der Waals surface area contributed by atoms with Crippen LogP contribution in [0.5, 0.6) is 0 Å². The summed E-state index contributed by atoms with van der Waals surface area (Å²) in [7, 11) is 0. The highest BCUT2D eigenvalue weighted by Crippen LogP contribution is 2.37. The molecular formula is C16H21Cl2N3O6. The van der Waals surface area contributed by atoms with Gasteiger partial charge in [0.2, 0.25) is 0 Å². The van der Waals surface area contributed by atoms with Crippen LogP contribution in [0.3, 0.4) is 0 Å². The number of rotatable bonds is 11. The van der Waals surface area contributed by atoms with Crippen LogP contribution in [0.25, 0.3) is 0 Å². The van der Waals surface area contributed by atoms with E-state index in [0.29, 0.717) is 5.56 Å². The first kappa shape index (κ1) is 22.9. The van der Waals surface area contributed by atoms with Crippen LogP contribution in [0, 0.1) is 10.1 Å². The molecule has 0 fully saturated rings. The summed E-state index contributed by atoms with van der Waals surface area (Å²) in [5, 5.41) is 20.2. The molecule has 1 aromatic rings. The molecule has 1 amide bonds. The second-order valence-corrected chi connectivity index (χ2v) is 6.71. The maximum absolute atomic E-state index is 11.4. The third kappa shape index (κ3) is 6.53. The molecule has 1 rings (SSSR count). The van der Waals surface area contributed by atoms with Gasteiger partial charge in [-0.2, -0.15) is 0 Å². The van der Waals surface area contributed by atoms with Gasteiger partial charge in [-0.05, 0) is 24.1 Å². The number of primary amides is 1. The number of nitro groups is 1. The first-order valence-electron chi connectivity index (χ1n) is 8.00. The molecule has 0 spiro atoms. The number of amides is 1. The van der Waals surface area contributed by atoms with Gasteiger partial charge < -0.3 is 21.3 Å². The van der Waals surface area contributed by atoms with E-state index < -0.39 is 28.6 Å². The monoisotopic (exact) mass is 421 g/mol. The summed E-state index contributed by atoms with van der Waals surface area (Å²) in [6, 6.07) is 3.32. The third-order valence-corrected chi connectivity index (χ3v) is 4.39. The van der Waals surface area contributed by atoms with Gasteiger partial charge in [0.15, 0.2) is 0 Å². The summed E-state index contributed by atoms with van der Waals surface area (Å²) in [6.45, 7) is 0. The van der Waals surface area contributed by atoms with Crippen molar-refractivity contribution in [2.75, 3.05) is 11.8 Å². The minimum Gasteiger partial charge on any atom is -0.481 e. The van der Waals surface area contributed by atoms with Gasteiger partial charge in [-0.15, -0.1) is 23.2 Å². The Morgan fingerprint density at radius 2 is 1.89 bits per heavy atom. The summed E-state index contributed by atoms with van der Waals surface area (Å²) < 4.78 is 5.30. The van der Waals surface area contributed by atoms with Crippen molar-refractivity contribution < 1.29 is 24.4 Å². The smallest absolute Gasteiger partial charge is 0.405 e. The summed E-state index contributed by atoms with van der Waals surface area (Å²) in [5.74, 6) is -0.874. The number of ether oxygens (including phenoxy) is 1. The van der Waals surface area contributed by atoms with E-state index in [-0.39, 0.29) is 48.7 Å². The lowest BCUT2D eigenvalue weighted by Gasteiger charge is -2.32. The first-order chi connectivity index (χ1) is 12.6. The first-order valence-corrected chi connectivity index (χ1v) is 9.07. The van der Waals surface area contributed by atoms with E-state index in [1.165, 1.54) is 18.2 Å². The number of halogens is 2. The number of nitro benzene ring substituents is 1. The van der Waals surface area contributed by atoms with Gasteiger partial charge in [-0.1, -0.05) is 0 Å². The molecule has 0 unspecified atom stereocenters. The lowest BCUT2D eigenvalue weighted by atomic mass is 9.86. The van der Waals surface area contributed by atoms with Crippen molar-refractivity contribution >= 4 is 41.0 Å². The number of carbonyl (C=O) groups is 2. The zero-order valence-corrected chi connectivity index (χ0v) is 15.9. The molecule has 0 saturated heterocycles. The highest BCUT2D eigenvalue weighted by Gasteiger charge is 2.36. The molecule has 0 aliphatic heterocycles. The third-order valence-electron chi connectivity index (χ3n) is 4.01. The molecule has 11 heteroatoms. The molecule has 0 saturated carbocycles. The Kier molecular flexibility index (Phi) is 8.74. The van der Waals surface area contributed by atoms with Gasteiger partial charge >= 0.3 is 12.1 Å². The molecule has 0 aliphatic rings. The standard InChI is InChI=1S/C16H21Cl2N3O6/c17-5-3-16(4-6-18,27-15(20)24)11-1-2-13(21(25)26)10(7-11)8-12(19)9-14(22)23/h1-2,7,12H,3-6,8-9,19H2,(H2,20,24)(H,22,23)/t12-/m0/s1. The number of nitrogens with zero attached hydrogens (tertiary/aromatic N) is 1. The number of alkyl halides is 2. The van der Waals surface area contributed by atoms with Crippen LogP contribution in [0.2, 0.25) is 0 Å².